The van der Waals surface area contributed by atoms with Crippen molar-refractivity contribution < 1.29 is 9.53 Å². The number of pyridine rings is 1. The van der Waals surface area contributed by atoms with Gasteiger partial charge in [0.25, 0.3) is 0 Å². The Bertz CT molecular complexity index is 656. The van der Waals surface area contributed by atoms with Crippen molar-refractivity contribution in [3.8, 4) is 6.07 Å². The van der Waals surface area contributed by atoms with Gasteiger partial charge in [0.2, 0.25) is 0 Å². The zero-order valence-electron chi connectivity index (χ0n) is 13.8. The SMILES string of the molecule is CC(C)(C)OC(=O)N1C[C@@H]2[C@H](C1)C2(C#N)c1cccc(Cl)n1.[K]. The topological polar surface area (TPSA) is 66.2 Å². The Hall–Kier alpha value is -0.164. The number of carbonyl (C=O) groups excluding carboxylic acids is 1. The maximum atomic E-state index is 12.1. The normalized spacial score (nSPS) is 28.4. The van der Waals surface area contributed by atoms with E-state index in [0.717, 1.165) is 0 Å². The molecule has 1 unspecified atom stereocenters. The number of ether oxygens (including phenoxy) is 1. The summed E-state index contributed by atoms with van der Waals surface area (Å²) in [5, 5.41) is 10.0. The number of piperidine rings is 1. The Morgan fingerprint density at radius 1 is 1.43 bits per heavy atom. The third kappa shape index (κ3) is 3.46. The molecule has 1 amide bonds. The van der Waals surface area contributed by atoms with Crippen molar-refractivity contribution in [1.29, 1.82) is 5.26 Å². The molecule has 0 bridgehead atoms. The third-order valence-corrected chi connectivity index (χ3v) is 4.57. The first-order chi connectivity index (χ1) is 10.3. The second kappa shape index (κ2) is 6.62. The minimum Gasteiger partial charge on any atom is -0.444 e. The van der Waals surface area contributed by atoms with Crippen molar-refractivity contribution in [1.82, 2.24) is 9.88 Å². The van der Waals surface area contributed by atoms with E-state index in [1.54, 1.807) is 11.0 Å². The first kappa shape index (κ1) is 19.2. The van der Waals surface area contributed by atoms with Gasteiger partial charge in [0.15, 0.2) is 0 Å². The Morgan fingerprint density at radius 3 is 2.52 bits per heavy atom. The van der Waals surface area contributed by atoms with Crippen LogP contribution in [0.15, 0.2) is 18.2 Å². The molecule has 7 heteroatoms. The van der Waals surface area contributed by atoms with Crippen molar-refractivity contribution in [3.05, 3.63) is 29.0 Å². The molecule has 2 heterocycles. The minimum absolute atomic E-state index is 0. The summed E-state index contributed by atoms with van der Waals surface area (Å²) in [7, 11) is 0. The van der Waals surface area contributed by atoms with Gasteiger partial charge in [-0.05, 0) is 32.9 Å². The number of hydrogen-bond donors (Lipinski definition) is 0. The second-order valence-electron chi connectivity index (χ2n) is 6.92. The standard InChI is InChI=1S/C16H18ClN3O2.K/c1-15(2,3)22-14(21)20-7-10-11(8-20)16(10,9-18)12-5-4-6-13(17)19-12;/h4-6,10-11H,7-8H2,1-3H3;/t10-,11+,16?;. The van der Waals surface area contributed by atoms with Crippen molar-refractivity contribution in [3.63, 3.8) is 0 Å². The molecule has 0 aromatic carbocycles. The Morgan fingerprint density at radius 2 is 2.04 bits per heavy atom. The molecule has 1 aliphatic carbocycles. The van der Waals surface area contributed by atoms with Gasteiger partial charge in [-0.15, -0.1) is 0 Å². The van der Waals surface area contributed by atoms with E-state index in [9.17, 15) is 10.1 Å². The maximum absolute atomic E-state index is 12.1. The fourth-order valence-corrected chi connectivity index (χ4v) is 3.51. The molecule has 1 aromatic heterocycles. The summed E-state index contributed by atoms with van der Waals surface area (Å²) in [6, 6.07) is 7.75. The summed E-state index contributed by atoms with van der Waals surface area (Å²) in [5.74, 6) is 0.215. The number of fused-ring (bicyclic) bond motifs is 1. The minimum atomic E-state index is -0.608. The number of nitriles is 1. The number of hydrogen-bond acceptors (Lipinski definition) is 4. The molecule has 1 saturated carbocycles. The third-order valence-electron chi connectivity index (χ3n) is 4.36. The molecule has 2 fully saturated rings. The average Bonchev–Trinajstić information content (AvgIpc) is 2.80. The smallest absolute Gasteiger partial charge is 0.410 e. The largest absolute Gasteiger partial charge is 0.444 e. The summed E-state index contributed by atoms with van der Waals surface area (Å²) >= 11 is 5.94. The van der Waals surface area contributed by atoms with Crippen LogP contribution in [0.25, 0.3) is 0 Å². The van der Waals surface area contributed by atoms with Crippen LogP contribution >= 0.6 is 11.6 Å². The van der Waals surface area contributed by atoms with Gasteiger partial charge in [-0.3, -0.25) is 0 Å². The van der Waals surface area contributed by atoms with E-state index in [1.165, 1.54) is 0 Å². The van der Waals surface area contributed by atoms with Crippen LogP contribution in [-0.4, -0.2) is 86.1 Å². The summed E-state index contributed by atoms with van der Waals surface area (Å²) in [6.45, 7) is 6.59. The van der Waals surface area contributed by atoms with E-state index >= 15 is 0 Å². The van der Waals surface area contributed by atoms with E-state index < -0.39 is 11.0 Å². The van der Waals surface area contributed by atoms with Crippen LogP contribution in [0.4, 0.5) is 4.79 Å². The molecule has 3 rings (SSSR count). The van der Waals surface area contributed by atoms with Gasteiger partial charge >= 0.3 is 6.09 Å². The number of rotatable bonds is 1. The molecule has 1 radical (unpaired) electrons. The average molecular weight is 359 g/mol. The van der Waals surface area contributed by atoms with E-state index in [2.05, 4.69) is 11.1 Å². The zero-order chi connectivity index (χ0) is 16.1. The molecule has 3 atom stereocenters. The molecular formula is C16H18ClKN3O2. The van der Waals surface area contributed by atoms with Gasteiger partial charge in [-0.25, -0.2) is 9.78 Å². The van der Waals surface area contributed by atoms with Crippen LogP contribution in [0, 0.1) is 23.2 Å². The maximum Gasteiger partial charge on any atom is 0.410 e. The molecule has 1 aliphatic heterocycles. The number of halogens is 1. The number of amides is 1. The Balaban J connectivity index is 0.00000192. The Labute approximate surface area is 183 Å². The second-order valence-corrected chi connectivity index (χ2v) is 7.31. The molecule has 1 aromatic rings. The summed E-state index contributed by atoms with van der Waals surface area (Å²) in [6.07, 6.45) is -0.314. The van der Waals surface area contributed by atoms with E-state index in [-0.39, 0.29) is 69.3 Å². The monoisotopic (exact) mass is 358 g/mol. The van der Waals surface area contributed by atoms with Crippen molar-refractivity contribution >= 4 is 69.1 Å². The fourth-order valence-electron chi connectivity index (χ4n) is 3.35. The zero-order valence-corrected chi connectivity index (χ0v) is 17.7. The van der Waals surface area contributed by atoms with Crippen LogP contribution in [0.2, 0.25) is 5.15 Å². The van der Waals surface area contributed by atoms with Gasteiger partial charge < -0.3 is 9.64 Å². The van der Waals surface area contributed by atoms with Gasteiger partial charge in [-0.1, -0.05) is 17.7 Å². The number of aromatic nitrogens is 1. The van der Waals surface area contributed by atoms with Crippen LogP contribution in [-0.2, 0) is 10.2 Å². The molecule has 117 valence electrons. The molecular weight excluding hydrogens is 341 g/mol. The first-order valence-corrected chi connectivity index (χ1v) is 7.68. The molecule has 23 heavy (non-hydrogen) atoms. The fraction of sp³-hybridized carbons (Fsp3) is 0.562. The number of likely N-dealkylation sites (tertiary alicyclic amines) is 1. The van der Waals surface area contributed by atoms with Crippen molar-refractivity contribution in [2.45, 2.75) is 31.8 Å². The summed E-state index contributed by atoms with van der Waals surface area (Å²) in [5.41, 5.74) is -0.407. The predicted molar refractivity (Wildman–Crippen MR) is 87.1 cm³/mol. The van der Waals surface area contributed by atoms with Crippen LogP contribution in [0.1, 0.15) is 26.5 Å². The molecule has 0 spiro atoms. The predicted octanol–water partition coefficient (Wildman–Crippen LogP) is 2.61. The molecule has 1 saturated heterocycles. The quantitative estimate of drug-likeness (QED) is 0.571. The van der Waals surface area contributed by atoms with Gasteiger partial charge in [0, 0.05) is 76.3 Å². The van der Waals surface area contributed by atoms with Crippen molar-refractivity contribution in [2.24, 2.45) is 11.8 Å². The van der Waals surface area contributed by atoms with Gasteiger partial charge in [0.1, 0.15) is 16.2 Å². The van der Waals surface area contributed by atoms with Crippen LogP contribution in [0.5, 0.6) is 0 Å². The number of nitrogens with zero attached hydrogens (tertiary/aromatic N) is 3. The van der Waals surface area contributed by atoms with E-state index in [4.69, 9.17) is 16.3 Å². The first-order valence-electron chi connectivity index (χ1n) is 7.30. The van der Waals surface area contributed by atoms with E-state index in [0.29, 0.717) is 23.9 Å². The molecule has 2 aliphatic rings. The van der Waals surface area contributed by atoms with Gasteiger partial charge in [0.05, 0.1) is 11.8 Å². The molecule has 5 nitrogen and oxygen atoms in total. The van der Waals surface area contributed by atoms with Crippen LogP contribution in [0.3, 0.4) is 0 Å². The summed E-state index contributed by atoms with van der Waals surface area (Å²) < 4.78 is 5.38. The molecule has 0 N–H and O–H groups in total. The summed E-state index contributed by atoms with van der Waals surface area (Å²) in [4.78, 5) is 18.1. The van der Waals surface area contributed by atoms with Crippen LogP contribution < -0.4 is 0 Å². The van der Waals surface area contributed by atoms with Gasteiger partial charge in [-0.2, -0.15) is 5.26 Å². The Kier molecular flexibility index (Phi) is 5.52. The van der Waals surface area contributed by atoms with Crippen molar-refractivity contribution in [2.75, 3.05) is 13.1 Å². The van der Waals surface area contributed by atoms with E-state index in [1.807, 2.05) is 32.9 Å². The number of carbonyl (C=O) groups is 1.